The van der Waals surface area contributed by atoms with Crippen LogP contribution in [-0.4, -0.2) is 44.7 Å². The van der Waals surface area contributed by atoms with E-state index in [0.717, 1.165) is 17.0 Å². The predicted octanol–water partition coefficient (Wildman–Crippen LogP) is 2.97. The highest BCUT2D eigenvalue weighted by molar-refractivity contribution is 5.75. The van der Waals surface area contributed by atoms with E-state index in [1.165, 1.54) is 0 Å². The number of nitrogens with one attached hydrogen (secondary N) is 2. The number of ether oxygens (including phenoxy) is 2. The summed E-state index contributed by atoms with van der Waals surface area (Å²) in [5, 5.41) is 10.5. The van der Waals surface area contributed by atoms with Crippen molar-refractivity contribution in [3.8, 4) is 22.9 Å². The van der Waals surface area contributed by atoms with E-state index < -0.39 is 0 Å². The molecule has 0 spiro atoms. The number of anilines is 2. The van der Waals surface area contributed by atoms with Crippen LogP contribution in [0.4, 0.5) is 11.6 Å². The Kier molecular flexibility index (Phi) is 6.11. The first-order chi connectivity index (χ1) is 15.6. The summed E-state index contributed by atoms with van der Waals surface area (Å²) < 4.78 is 12.2. The summed E-state index contributed by atoms with van der Waals surface area (Å²) in [6.45, 7) is 2.18. The van der Waals surface area contributed by atoms with Crippen molar-refractivity contribution in [2.75, 3.05) is 19.5 Å². The van der Waals surface area contributed by atoms with Gasteiger partial charge in [0.05, 0.1) is 32.2 Å². The number of aromatic nitrogens is 5. The van der Waals surface area contributed by atoms with Gasteiger partial charge in [-0.15, -0.1) is 5.10 Å². The van der Waals surface area contributed by atoms with E-state index in [0.29, 0.717) is 41.9 Å². The Morgan fingerprint density at radius 2 is 1.97 bits per heavy atom. The molecule has 0 bridgehead atoms. The van der Waals surface area contributed by atoms with Crippen LogP contribution in [0.3, 0.4) is 0 Å². The first-order valence-electron chi connectivity index (χ1n) is 10.0. The van der Waals surface area contributed by atoms with Crippen LogP contribution in [0.1, 0.15) is 19.0 Å². The summed E-state index contributed by atoms with van der Waals surface area (Å²) in [6, 6.07) is 11.1. The van der Waals surface area contributed by atoms with Gasteiger partial charge < -0.3 is 20.1 Å². The molecule has 10 nitrogen and oxygen atoms in total. The standard InChI is InChI=1S/C22H23N7O3/c1-4-21(30)23-13-15-6-5-7-18(25-15)27-19-11-20-26-16(8-9-29(20)28-19)14-10-17(31-2)22(32-3)24-12-14/h5-12H,4,13H2,1-3H3,(H,23,30)(H,25,27,28). The molecule has 1 amide bonds. The van der Waals surface area contributed by atoms with Crippen LogP contribution >= 0.6 is 0 Å². The van der Waals surface area contributed by atoms with Gasteiger partial charge in [0.25, 0.3) is 5.88 Å². The van der Waals surface area contributed by atoms with Gasteiger partial charge in [0.15, 0.2) is 17.2 Å². The van der Waals surface area contributed by atoms with Crippen molar-refractivity contribution in [3.05, 3.63) is 54.5 Å². The lowest BCUT2D eigenvalue weighted by atomic mass is 10.2. The molecule has 0 saturated heterocycles. The lowest BCUT2D eigenvalue weighted by molar-refractivity contribution is -0.120. The smallest absolute Gasteiger partial charge is 0.256 e. The second-order valence-electron chi connectivity index (χ2n) is 6.85. The molecule has 32 heavy (non-hydrogen) atoms. The van der Waals surface area contributed by atoms with Crippen molar-refractivity contribution >= 4 is 23.2 Å². The molecule has 4 rings (SSSR count). The number of carbonyl (C=O) groups is 1. The molecular formula is C22H23N7O3. The second kappa shape index (κ2) is 9.29. The van der Waals surface area contributed by atoms with Crippen LogP contribution in [0, 0.1) is 0 Å². The van der Waals surface area contributed by atoms with Crippen molar-refractivity contribution in [1.82, 2.24) is 29.9 Å². The first kappa shape index (κ1) is 21.0. The fourth-order valence-electron chi connectivity index (χ4n) is 3.07. The Morgan fingerprint density at radius 1 is 1.09 bits per heavy atom. The summed E-state index contributed by atoms with van der Waals surface area (Å²) in [5.74, 6) is 2.15. The van der Waals surface area contributed by atoms with Crippen molar-refractivity contribution in [3.63, 3.8) is 0 Å². The van der Waals surface area contributed by atoms with Gasteiger partial charge in [-0.05, 0) is 24.3 Å². The Hall–Kier alpha value is -4.21. The minimum atomic E-state index is -0.0166. The van der Waals surface area contributed by atoms with Gasteiger partial charge in [-0.2, -0.15) is 0 Å². The molecular weight excluding hydrogens is 410 g/mol. The van der Waals surface area contributed by atoms with E-state index in [4.69, 9.17) is 9.47 Å². The van der Waals surface area contributed by atoms with Crippen molar-refractivity contribution < 1.29 is 14.3 Å². The third-order valence-corrected chi connectivity index (χ3v) is 4.70. The van der Waals surface area contributed by atoms with Gasteiger partial charge in [0.2, 0.25) is 5.91 Å². The highest BCUT2D eigenvalue weighted by Crippen LogP contribution is 2.29. The third-order valence-electron chi connectivity index (χ3n) is 4.70. The van der Waals surface area contributed by atoms with E-state index in [2.05, 4.69) is 30.7 Å². The maximum Gasteiger partial charge on any atom is 0.256 e. The van der Waals surface area contributed by atoms with Crippen LogP contribution in [0.5, 0.6) is 11.6 Å². The van der Waals surface area contributed by atoms with Crippen LogP contribution in [0.15, 0.2) is 48.8 Å². The van der Waals surface area contributed by atoms with Crippen LogP contribution in [-0.2, 0) is 11.3 Å². The van der Waals surface area contributed by atoms with Crippen LogP contribution in [0.25, 0.3) is 16.9 Å². The molecule has 4 heterocycles. The molecule has 0 unspecified atom stereocenters. The molecule has 0 saturated carbocycles. The molecule has 0 aliphatic rings. The van der Waals surface area contributed by atoms with Gasteiger partial charge >= 0.3 is 0 Å². The number of pyridine rings is 2. The van der Waals surface area contributed by atoms with E-state index in [1.807, 2.05) is 49.5 Å². The fraction of sp³-hybridized carbons (Fsp3) is 0.227. The Bertz CT molecular complexity index is 1260. The van der Waals surface area contributed by atoms with Gasteiger partial charge in [-0.1, -0.05) is 13.0 Å². The monoisotopic (exact) mass is 433 g/mol. The van der Waals surface area contributed by atoms with Crippen molar-refractivity contribution in [1.29, 1.82) is 0 Å². The number of fused-ring (bicyclic) bond motifs is 1. The van der Waals surface area contributed by atoms with Gasteiger partial charge in [-0.25, -0.2) is 19.5 Å². The van der Waals surface area contributed by atoms with Crippen LogP contribution in [0.2, 0.25) is 0 Å². The third kappa shape index (κ3) is 4.59. The number of methoxy groups -OCH3 is 2. The molecule has 10 heteroatoms. The first-order valence-corrected chi connectivity index (χ1v) is 10.0. The quantitative estimate of drug-likeness (QED) is 0.436. The number of carbonyl (C=O) groups excluding carboxylic acids is 1. The summed E-state index contributed by atoms with van der Waals surface area (Å²) in [4.78, 5) is 24.9. The largest absolute Gasteiger partial charge is 0.491 e. The highest BCUT2D eigenvalue weighted by Gasteiger charge is 2.11. The van der Waals surface area contributed by atoms with Crippen molar-refractivity contribution in [2.24, 2.45) is 0 Å². The summed E-state index contributed by atoms with van der Waals surface area (Å²) in [6.07, 6.45) is 3.94. The van der Waals surface area contributed by atoms with E-state index in [9.17, 15) is 4.79 Å². The maximum atomic E-state index is 11.5. The number of rotatable bonds is 8. The summed E-state index contributed by atoms with van der Waals surface area (Å²) in [5.41, 5.74) is 2.93. The molecule has 0 aromatic carbocycles. The maximum absolute atomic E-state index is 11.5. The lowest BCUT2D eigenvalue weighted by Crippen LogP contribution is -2.22. The molecule has 0 aliphatic carbocycles. The van der Waals surface area contributed by atoms with Gasteiger partial charge in [0.1, 0.15) is 5.82 Å². The number of hydrogen-bond donors (Lipinski definition) is 2. The molecule has 164 valence electrons. The molecule has 0 radical (unpaired) electrons. The molecule has 0 fully saturated rings. The zero-order valence-corrected chi connectivity index (χ0v) is 18.0. The fourth-order valence-corrected chi connectivity index (χ4v) is 3.07. The molecule has 4 aromatic heterocycles. The molecule has 0 aliphatic heterocycles. The SMILES string of the molecule is CCC(=O)NCc1cccc(Nc2cc3nc(-c4cnc(OC)c(OC)c4)ccn3n2)n1. The topological polar surface area (TPSA) is 116 Å². The Balaban J connectivity index is 1.54. The van der Waals surface area contributed by atoms with Gasteiger partial charge in [0, 0.05) is 30.4 Å². The van der Waals surface area contributed by atoms with Crippen LogP contribution < -0.4 is 20.1 Å². The van der Waals surface area contributed by atoms with Gasteiger partial charge in [-0.3, -0.25) is 4.79 Å². The van der Waals surface area contributed by atoms with E-state index >= 15 is 0 Å². The zero-order chi connectivity index (χ0) is 22.5. The Morgan fingerprint density at radius 3 is 2.75 bits per heavy atom. The van der Waals surface area contributed by atoms with E-state index in [-0.39, 0.29) is 5.91 Å². The average Bonchev–Trinajstić information content (AvgIpc) is 3.23. The predicted molar refractivity (Wildman–Crippen MR) is 119 cm³/mol. The molecule has 0 atom stereocenters. The number of nitrogens with zero attached hydrogens (tertiary/aromatic N) is 5. The minimum Gasteiger partial charge on any atom is -0.491 e. The number of amides is 1. The van der Waals surface area contributed by atoms with E-state index in [1.54, 1.807) is 24.9 Å². The summed E-state index contributed by atoms with van der Waals surface area (Å²) >= 11 is 0. The molecule has 2 N–H and O–H groups in total. The Labute approximate surface area is 184 Å². The summed E-state index contributed by atoms with van der Waals surface area (Å²) in [7, 11) is 3.11. The molecule has 4 aromatic rings. The highest BCUT2D eigenvalue weighted by atomic mass is 16.5. The van der Waals surface area contributed by atoms with Crippen molar-refractivity contribution in [2.45, 2.75) is 19.9 Å². The second-order valence-corrected chi connectivity index (χ2v) is 6.85. The normalized spacial score (nSPS) is 10.7. The zero-order valence-electron chi connectivity index (χ0n) is 18.0. The minimum absolute atomic E-state index is 0.0166. The number of hydrogen-bond acceptors (Lipinski definition) is 8. The lowest BCUT2D eigenvalue weighted by Gasteiger charge is -2.08. The average molecular weight is 433 g/mol.